The number of ether oxygens (including phenoxy) is 2. The smallest absolute Gasteiger partial charge is 0.166 e. The summed E-state index contributed by atoms with van der Waals surface area (Å²) in [4.78, 5) is 12.0. The van der Waals surface area contributed by atoms with Crippen LogP contribution in [-0.4, -0.2) is 19.0 Å². The zero-order chi connectivity index (χ0) is 11.1. The lowest BCUT2D eigenvalue weighted by Crippen LogP contribution is -2.15. The molecule has 2 aliphatic rings. The molecule has 1 unspecified atom stereocenters. The van der Waals surface area contributed by atoms with Gasteiger partial charge in [0.25, 0.3) is 0 Å². The second-order valence-corrected chi connectivity index (χ2v) is 4.33. The minimum Gasteiger partial charge on any atom is -0.486 e. The second-order valence-electron chi connectivity index (χ2n) is 4.33. The van der Waals surface area contributed by atoms with Crippen LogP contribution in [0.3, 0.4) is 0 Å². The number of carbonyl (C=O) groups excluding carboxylic acids is 1. The maximum atomic E-state index is 12.0. The molecule has 0 saturated heterocycles. The molecular formula is C13H14O3. The standard InChI is InChI=1S/C13H14O3/c1-2-8-5-9-6-11-12(16-4-3-15-11)7-10(9)13(8)14/h6-8H,2-5H2,1H3. The van der Waals surface area contributed by atoms with Crippen molar-refractivity contribution in [3.05, 3.63) is 23.3 Å². The lowest BCUT2D eigenvalue weighted by molar-refractivity contribution is 0.0933. The van der Waals surface area contributed by atoms with E-state index in [9.17, 15) is 4.79 Å². The Morgan fingerprint density at radius 3 is 2.62 bits per heavy atom. The van der Waals surface area contributed by atoms with Gasteiger partial charge in [0.1, 0.15) is 13.2 Å². The first kappa shape index (κ1) is 9.70. The van der Waals surface area contributed by atoms with Gasteiger partial charge in [-0.15, -0.1) is 0 Å². The van der Waals surface area contributed by atoms with E-state index in [1.54, 1.807) is 0 Å². The van der Waals surface area contributed by atoms with Gasteiger partial charge in [0.05, 0.1) is 0 Å². The number of fused-ring (bicyclic) bond motifs is 2. The summed E-state index contributed by atoms with van der Waals surface area (Å²) in [6, 6.07) is 3.82. The molecule has 3 rings (SSSR count). The van der Waals surface area contributed by atoms with Gasteiger partial charge in [0.2, 0.25) is 0 Å². The minimum atomic E-state index is 0.152. The number of hydrogen-bond acceptors (Lipinski definition) is 3. The summed E-state index contributed by atoms with van der Waals surface area (Å²) < 4.78 is 11.0. The Hall–Kier alpha value is -1.51. The molecule has 16 heavy (non-hydrogen) atoms. The van der Waals surface area contributed by atoms with E-state index in [0.29, 0.717) is 13.2 Å². The predicted octanol–water partition coefficient (Wildman–Crippen LogP) is 2.22. The Balaban J connectivity index is 2.06. The van der Waals surface area contributed by atoms with E-state index >= 15 is 0 Å². The second kappa shape index (κ2) is 3.51. The minimum absolute atomic E-state index is 0.152. The molecule has 1 aliphatic carbocycles. The molecule has 0 radical (unpaired) electrons. The number of Topliss-reactive ketones (excluding diaryl/α,β-unsaturated/α-hetero) is 1. The molecular weight excluding hydrogens is 204 g/mol. The maximum Gasteiger partial charge on any atom is 0.166 e. The van der Waals surface area contributed by atoms with Crippen LogP contribution in [0.1, 0.15) is 29.3 Å². The Bertz CT molecular complexity index is 451. The predicted molar refractivity (Wildman–Crippen MR) is 59.2 cm³/mol. The van der Waals surface area contributed by atoms with E-state index in [4.69, 9.17) is 9.47 Å². The first-order valence-corrected chi connectivity index (χ1v) is 5.76. The highest BCUT2D eigenvalue weighted by molar-refractivity contribution is 6.02. The van der Waals surface area contributed by atoms with E-state index in [0.717, 1.165) is 35.5 Å². The zero-order valence-corrected chi connectivity index (χ0v) is 9.29. The molecule has 0 amide bonds. The molecule has 0 fully saturated rings. The molecule has 1 aromatic rings. The molecule has 84 valence electrons. The van der Waals surface area contributed by atoms with Crippen molar-refractivity contribution in [1.29, 1.82) is 0 Å². The van der Waals surface area contributed by atoms with Crippen molar-refractivity contribution in [2.75, 3.05) is 13.2 Å². The van der Waals surface area contributed by atoms with Crippen molar-refractivity contribution in [3.8, 4) is 11.5 Å². The Labute approximate surface area is 94.4 Å². The van der Waals surface area contributed by atoms with E-state index in [1.165, 1.54) is 0 Å². The number of carbonyl (C=O) groups is 1. The molecule has 1 aliphatic heterocycles. The van der Waals surface area contributed by atoms with Crippen molar-refractivity contribution in [3.63, 3.8) is 0 Å². The quantitative estimate of drug-likeness (QED) is 0.725. The molecule has 0 bridgehead atoms. The molecule has 1 heterocycles. The van der Waals surface area contributed by atoms with Gasteiger partial charge in [-0.25, -0.2) is 0 Å². The Morgan fingerprint density at radius 1 is 1.25 bits per heavy atom. The van der Waals surface area contributed by atoms with Crippen molar-refractivity contribution < 1.29 is 14.3 Å². The lowest BCUT2D eigenvalue weighted by atomic mass is 10.0. The third-order valence-electron chi connectivity index (χ3n) is 3.36. The fourth-order valence-electron chi connectivity index (χ4n) is 2.44. The van der Waals surface area contributed by atoms with Gasteiger partial charge < -0.3 is 9.47 Å². The van der Waals surface area contributed by atoms with E-state index in [1.807, 2.05) is 12.1 Å². The fraction of sp³-hybridized carbons (Fsp3) is 0.462. The third-order valence-corrected chi connectivity index (χ3v) is 3.36. The summed E-state index contributed by atoms with van der Waals surface area (Å²) in [6.07, 6.45) is 1.75. The number of benzene rings is 1. The van der Waals surface area contributed by atoms with Crippen LogP contribution in [-0.2, 0) is 6.42 Å². The molecule has 0 spiro atoms. The van der Waals surface area contributed by atoms with Gasteiger partial charge in [0, 0.05) is 11.5 Å². The first-order chi connectivity index (χ1) is 7.79. The summed E-state index contributed by atoms with van der Waals surface area (Å²) in [5.41, 5.74) is 1.94. The highest BCUT2D eigenvalue weighted by Crippen LogP contribution is 2.38. The van der Waals surface area contributed by atoms with Crippen LogP contribution < -0.4 is 9.47 Å². The normalized spacial score (nSPS) is 22.1. The largest absolute Gasteiger partial charge is 0.486 e. The van der Waals surface area contributed by atoms with Crippen LogP contribution in [0.2, 0.25) is 0 Å². The zero-order valence-electron chi connectivity index (χ0n) is 9.29. The molecule has 3 heteroatoms. The van der Waals surface area contributed by atoms with Crippen molar-refractivity contribution in [2.45, 2.75) is 19.8 Å². The van der Waals surface area contributed by atoms with E-state index in [-0.39, 0.29) is 11.7 Å². The molecule has 0 aromatic heterocycles. The van der Waals surface area contributed by atoms with Gasteiger partial charge in [0.15, 0.2) is 17.3 Å². The summed E-state index contributed by atoms with van der Waals surface area (Å²) >= 11 is 0. The summed E-state index contributed by atoms with van der Waals surface area (Å²) in [5, 5.41) is 0. The van der Waals surface area contributed by atoms with Crippen molar-refractivity contribution in [2.24, 2.45) is 5.92 Å². The molecule has 0 N–H and O–H groups in total. The average molecular weight is 218 g/mol. The average Bonchev–Trinajstić information content (AvgIpc) is 2.63. The van der Waals surface area contributed by atoms with Crippen LogP contribution in [0, 0.1) is 5.92 Å². The van der Waals surface area contributed by atoms with Crippen molar-refractivity contribution >= 4 is 5.78 Å². The number of rotatable bonds is 1. The molecule has 1 atom stereocenters. The Kier molecular flexibility index (Phi) is 2.13. The van der Waals surface area contributed by atoms with Gasteiger partial charge >= 0.3 is 0 Å². The highest BCUT2D eigenvalue weighted by Gasteiger charge is 2.31. The molecule has 0 saturated carbocycles. The van der Waals surface area contributed by atoms with Gasteiger partial charge in [-0.1, -0.05) is 6.92 Å². The van der Waals surface area contributed by atoms with E-state index in [2.05, 4.69) is 6.92 Å². The fourth-order valence-corrected chi connectivity index (χ4v) is 2.44. The monoisotopic (exact) mass is 218 g/mol. The summed E-state index contributed by atoms with van der Waals surface area (Å²) in [7, 11) is 0. The Morgan fingerprint density at radius 2 is 1.94 bits per heavy atom. The highest BCUT2D eigenvalue weighted by atomic mass is 16.6. The SMILES string of the molecule is CCC1Cc2cc3c(cc2C1=O)OCCO3. The van der Waals surface area contributed by atoms with Gasteiger partial charge in [-0.3, -0.25) is 4.79 Å². The maximum absolute atomic E-state index is 12.0. The topological polar surface area (TPSA) is 35.5 Å². The van der Waals surface area contributed by atoms with Gasteiger partial charge in [-0.2, -0.15) is 0 Å². The van der Waals surface area contributed by atoms with Gasteiger partial charge in [-0.05, 0) is 30.5 Å². The first-order valence-electron chi connectivity index (χ1n) is 5.76. The third kappa shape index (κ3) is 1.31. The number of hydrogen-bond donors (Lipinski definition) is 0. The van der Waals surface area contributed by atoms with Crippen molar-refractivity contribution in [1.82, 2.24) is 0 Å². The van der Waals surface area contributed by atoms with Crippen LogP contribution >= 0.6 is 0 Å². The summed E-state index contributed by atoms with van der Waals surface area (Å²) in [5.74, 6) is 1.91. The lowest BCUT2D eigenvalue weighted by Gasteiger charge is -2.19. The number of ketones is 1. The van der Waals surface area contributed by atoms with Crippen LogP contribution in [0.5, 0.6) is 11.5 Å². The van der Waals surface area contributed by atoms with Crippen LogP contribution in [0.15, 0.2) is 12.1 Å². The summed E-state index contributed by atoms with van der Waals surface area (Å²) in [6.45, 7) is 3.22. The van der Waals surface area contributed by atoms with Crippen LogP contribution in [0.25, 0.3) is 0 Å². The van der Waals surface area contributed by atoms with Crippen LogP contribution in [0.4, 0.5) is 0 Å². The van der Waals surface area contributed by atoms with E-state index < -0.39 is 0 Å². The molecule has 1 aromatic carbocycles. The molecule has 3 nitrogen and oxygen atoms in total.